The molecule has 1 aromatic rings. The van der Waals surface area contributed by atoms with E-state index in [0.29, 0.717) is 0 Å². The Morgan fingerprint density at radius 1 is 1.25 bits per heavy atom. The van der Waals surface area contributed by atoms with Gasteiger partial charge in [-0.15, -0.1) is 0 Å². The average Bonchev–Trinajstić information content (AvgIpc) is 2.16. The van der Waals surface area contributed by atoms with E-state index in [1.807, 2.05) is 0 Å². The number of hydrogen-bond donors (Lipinski definition) is 0. The number of rotatable bonds is 4. The highest BCUT2D eigenvalue weighted by molar-refractivity contribution is 14.1. The van der Waals surface area contributed by atoms with Crippen LogP contribution in [0.5, 0.6) is 0 Å². The molecule has 12 heavy (non-hydrogen) atoms. The lowest BCUT2D eigenvalue weighted by molar-refractivity contribution is 0.953. The first-order valence-corrected chi connectivity index (χ1v) is 5.62. The van der Waals surface area contributed by atoms with Gasteiger partial charge in [-0.1, -0.05) is 65.1 Å². The predicted molar refractivity (Wildman–Crippen MR) is 62.8 cm³/mol. The number of aryl methyl sites for hydroxylation is 1. The van der Waals surface area contributed by atoms with Crippen molar-refractivity contribution in [1.29, 1.82) is 0 Å². The molecule has 0 aliphatic carbocycles. The maximum Gasteiger partial charge on any atom is 0.0203 e. The summed E-state index contributed by atoms with van der Waals surface area (Å²) in [6.07, 6.45) is 2.25. The molecule has 0 aliphatic rings. The molecule has 0 unspecified atom stereocenters. The van der Waals surface area contributed by atoms with E-state index in [1.165, 1.54) is 11.1 Å². The van der Waals surface area contributed by atoms with E-state index < -0.39 is 0 Å². The van der Waals surface area contributed by atoms with Crippen molar-refractivity contribution in [3.63, 3.8) is 0 Å². The van der Waals surface area contributed by atoms with Crippen LogP contribution in [0.3, 0.4) is 0 Å². The van der Waals surface area contributed by atoms with Crippen LogP contribution in [0.1, 0.15) is 12.0 Å². The first-order chi connectivity index (χ1) is 5.83. The molecule has 0 saturated heterocycles. The molecule has 0 aliphatic heterocycles. The van der Waals surface area contributed by atoms with E-state index in [9.17, 15) is 0 Å². The first-order valence-electron chi connectivity index (χ1n) is 4.09. The molecular weight excluding hydrogens is 259 g/mol. The van der Waals surface area contributed by atoms with E-state index >= 15 is 0 Å². The highest BCUT2D eigenvalue weighted by Crippen LogP contribution is 2.09. The Morgan fingerprint density at radius 3 is 2.50 bits per heavy atom. The van der Waals surface area contributed by atoms with E-state index in [-0.39, 0.29) is 0 Å². The fourth-order valence-electron chi connectivity index (χ4n) is 1.03. The van der Waals surface area contributed by atoms with Crippen LogP contribution in [0.2, 0.25) is 0 Å². The molecule has 0 bridgehead atoms. The van der Waals surface area contributed by atoms with Crippen LogP contribution in [-0.2, 0) is 6.42 Å². The highest BCUT2D eigenvalue weighted by Gasteiger charge is 1.93. The van der Waals surface area contributed by atoms with Crippen molar-refractivity contribution in [3.05, 3.63) is 48.0 Å². The second kappa shape index (κ2) is 5.36. The van der Waals surface area contributed by atoms with Crippen molar-refractivity contribution >= 4 is 22.6 Å². The molecule has 0 N–H and O–H groups in total. The van der Waals surface area contributed by atoms with Crippen LogP contribution < -0.4 is 0 Å². The van der Waals surface area contributed by atoms with Gasteiger partial charge in [-0.3, -0.25) is 0 Å². The lowest BCUT2D eigenvalue weighted by Crippen LogP contribution is -1.88. The molecule has 1 aromatic carbocycles. The zero-order valence-electron chi connectivity index (χ0n) is 7.09. The summed E-state index contributed by atoms with van der Waals surface area (Å²) in [4.78, 5) is 0. The molecule has 0 heterocycles. The molecule has 0 amide bonds. The van der Waals surface area contributed by atoms with Gasteiger partial charge in [0.2, 0.25) is 0 Å². The molecular formula is C11H13I. The average molecular weight is 272 g/mol. The van der Waals surface area contributed by atoms with Gasteiger partial charge in [0.15, 0.2) is 0 Å². The molecule has 1 rings (SSSR count). The summed E-state index contributed by atoms with van der Waals surface area (Å²) >= 11 is 2.36. The first kappa shape index (κ1) is 9.78. The van der Waals surface area contributed by atoms with Gasteiger partial charge in [-0.2, -0.15) is 0 Å². The Kier molecular flexibility index (Phi) is 4.36. The van der Waals surface area contributed by atoms with Crippen LogP contribution in [0, 0.1) is 0 Å². The molecule has 0 radical (unpaired) electrons. The topological polar surface area (TPSA) is 0 Å². The lowest BCUT2D eigenvalue weighted by atomic mass is 10.1. The Bertz CT molecular complexity index is 238. The molecule has 0 spiro atoms. The van der Waals surface area contributed by atoms with Gasteiger partial charge >= 0.3 is 0 Å². The third-order valence-corrected chi connectivity index (χ3v) is 2.88. The molecule has 64 valence electrons. The highest BCUT2D eigenvalue weighted by atomic mass is 127. The van der Waals surface area contributed by atoms with Crippen molar-refractivity contribution < 1.29 is 0 Å². The number of hydrogen-bond acceptors (Lipinski definition) is 0. The van der Waals surface area contributed by atoms with Crippen LogP contribution in [0.4, 0.5) is 0 Å². The molecule has 0 saturated carbocycles. The van der Waals surface area contributed by atoms with Crippen molar-refractivity contribution in [1.82, 2.24) is 0 Å². The number of benzene rings is 1. The second-order valence-electron chi connectivity index (χ2n) is 2.87. The molecule has 0 aromatic heterocycles. The van der Waals surface area contributed by atoms with Crippen molar-refractivity contribution in [2.75, 3.05) is 4.43 Å². The number of halogens is 1. The summed E-state index contributed by atoms with van der Waals surface area (Å²) in [6.45, 7) is 3.98. The van der Waals surface area contributed by atoms with Crippen LogP contribution in [0.25, 0.3) is 0 Å². The van der Waals surface area contributed by atoms with Gasteiger partial charge in [0.05, 0.1) is 0 Å². The maximum atomic E-state index is 3.98. The van der Waals surface area contributed by atoms with Crippen molar-refractivity contribution in [2.45, 2.75) is 12.8 Å². The Balaban J connectivity index is 2.38. The van der Waals surface area contributed by atoms with E-state index in [2.05, 4.69) is 59.5 Å². The zero-order valence-corrected chi connectivity index (χ0v) is 9.25. The fourth-order valence-corrected chi connectivity index (χ4v) is 1.41. The van der Waals surface area contributed by atoms with Gasteiger partial charge in [0.1, 0.15) is 0 Å². The fraction of sp³-hybridized carbons (Fsp3) is 0.273. The third kappa shape index (κ3) is 3.39. The van der Waals surface area contributed by atoms with Gasteiger partial charge in [-0.05, 0) is 18.4 Å². The summed E-state index contributed by atoms with van der Waals surface area (Å²) in [5.74, 6) is 0. The minimum Gasteiger partial charge on any atom is -0.0991 e. The van der Waals surface area contributed by atoms with Gasteiger partial charge in [0, 0.05) is 4.43 Å². The zero-order chi connectivity index (χ0) is 8.81. The second-order valence-corrected chi connectivity index (χ2v) is 3.63. The van der Waals surface area contributed by atoms with E-state index in [4.69, 9.17) is 0 Å². The Hall–Kier alpha value is -0.310. The van der Waals surface area contributed by atoms with Crippen LogP contribution in [0.15, 0.2) is 42.5 Å². The lowest BCUT2D eigenvalue weighted by Gasteiger charge is -2.01. The quantitative estimate of drug-likeness (QED) is 0.446. The minimum absolute atomic E-state index is 1.07. The predicted octanol–water partition coefficient (Wildman–Crippen LogP) is 3.61. The van der Waals surface area contributed by atoms with E-state index in [1.54, 1.807) is 0 Å². The smallest absolute Gasteiger partial charge is 0.0203 e. The summed E-state index contributed by atoms with van der Waals surface area (Å²) in [6, 6.07) is 10.6. The summed E-state index contributed by atoms with van der Waals surface area (Å²) in [5, 5.41) is 0. The summed E-state index contributed by atoms with van der Waals surface area (Å²) in [5.41, 5.74) is 2.74. The monoisotopic (exact) mass is 272 g/mol. The van der Waals surface area contributed by atoms with E-state index in [0.717, 1.165) is 17.3 Å². The molecule has 1 heteroatoms. The minimum atomic E-state index is 1.07. The van der Waals surface area contributed by atoms with Gasteiger partial charge in [0.25, 0.3) is 0 Å². The Labute approximate surface area is 87.8 Å². The van der Waals surface area contributed by atoms with Gasteiger partial charge < -0.3 is 0 Å². The SMILES string of the molecule is C=C(CI)CCc1ccccc1. The summed E-state index contributed by atoms with van der Waals surface area (Å²) in [7, 11) is 0. The van der Waals surface area contributed by atoms with Crippen LogP contribution >= 0.6 is 22.6 Å². The number of allylic oxidation sites excluding steroid dienone is 1. The standard InChI is InChI=1S/C11H13I/c1-10(9-12)7-8-11-5-3-2-4-6-11/h2-6H,1,7-9H2. The molecule has 0 fully saturated rings. The van der Waals surface area contributed by atoms with Crippen LogP contribution in [-0.4, -0.2) is 4.43 Å². The maximum absolute atomic E-state index is 3.98. The van der Waals surface area contributed by atoms with Crippen molar-refractivity contribution in [2.24, 2.45) is 0 Å². The normalized spacial score (nSPS) is 9.75. The largest absolute Gasteiger partial charge is 0.0991 e. The Morgan fingerprint density at radius 2 is 1.92 bits per heavy atom. The van der Waals surface area contributed by atoms with Crippen molar-refractivity contribution in [3.8, 4) is 0 Å². The third-order valence-electron chi connectivity index (χ3n) is 1.80. The summed E-state index contributed by atoms with van der Waals surface area (Å²) < 4.78 is 1.07. The van der Waals surface area contributed by atoms with Gasteiger partial charge in [-0.25, -0.2) is 0 Å². The number of alkyl halides is 1. The molecule has 0 atom stereocenters. The molecule has 0 nitrogen and oxygen atoms in total.